The summed E-state index contributed by atoms with van der Waals surface area (Å²) in [6, 6.07) is 14.6. The molecule has 0 aliphatic rings. The van der Waals surface area contributed by atoms with Crippen LogP contribution in [0.25, 0.3) is 10.9 Å². The van der Waals surface area contributed by atoms with E-state index in [9.17, 15) is 4.39 Å². The normalized spacial score (nSPS) is 10.8. The van der Waals surface area contributed by atoms with Crippen LogP contribution in [-0.2, 0) is 6.54 Å². The fraction of sp³-hybridized carbons (Fsp3) is 0.118. The lowest BCUT2D eigenvalue weighted by atomic mass is 10.1. The van der Waals surface area contributed by atoms with E-state index in [4.69, 9.17) is 0 Å². The van der Waals surface area contributed by atoms with Gasteiger partial charge in [0, 0.05) is 27.8 Å². The molecule has 0 spiro atoms. The molecule has 0 radical (unpaired) electrons. The molecule has 4 heteroatoms. The minimum absolute atomic E-state index is 0.215. The number of hydrogen-bond donors (Lipinski definition) is 1. The Morgan fingerprint density at radius 2 is 1.86 bits per heavy atom. The molecule has 2 nitrogen and oxygen atoms in total. The molecule has 0 aliphatic carbocycles. The Kier molecular flexibility index (Phi) is 3.88. The zero-order valence-corrected chi connectivity index (χ0v) is 13.1. The first-order chi connectivity index (χ1) is 10.1. The molecule has 0 amide bonds. The van der Waals surface area contributed by atoms with Crippen molar-refractivity contribution in [3.8, 4) is 0 Å². The summed E-state index contributed by atoms with van der Waals surface area (Å²) in [5.41, 5.74) is 3.99. The molecule has 0 saturated carbocycles. The van der Waals surface area contributed by atoms with Gasteiger partial charge in [-0.1, -0.05) is 28.1 Å². The average Bonchev–Trinajstić information content (AvgIpc) is 2.47. The molecule has 0 saturated heterocycles. The lowest BCUT2D eigenvalue weighted by Crippen LogP contribution is -2.01. The number of halogens is 2. The van der Waals surface area contributed by atoms with Gasteiger partial charge in [-0.3, -0.25) is 4.98 Å². The Bertz CT molecular complexity index is 785. The Labute approximate surface area is 131 Å². The second kappa shape index (κ2) is 5.82. The van der Waals surface area contributed by atoms with E-state index in [0.717, 1.165) is 32.3 Å². The van der Waals surface area contributed by atoms with Gasteiger partial charge in [0.25, 0.3) is 0 Å². The number of rotatable bonds is 3. The smallest absolute Gasteiger partial charge is 0.123 e. The molecule has 2 aromatic carbocycles. The summed E-state index contributed by atoms with van der Waals surface area (Å²) in [5.74, 6) is -0.215. The second-order valence-electron chi connectivity index (χ2n) is 4.95. The van der Waals surface area contributed by atoms with E-state index in [1.165, 1.54) is 12.1 Å². The van der Waals surface area contributed by atoms with Crippen LogP contribution in [0.4, 0.5) is 10.1 Å². The van der Waals surface area contributed by atoms with Gasteiger partial charge in [-0.2, -0.15) is 0 Å². The van der Waals surface area contributed by atoms with Gasteiger partial charge >= 0.3 is 0 Å². The van der Waals surface area contributed by atoms with E-state index < -0.39 is 0 Å². The van der Waals surface area contributed by atoms with E-state index in [-0.39, 0.29) is 5.82 Å². The van der Waals surface area contributed by atoms with Crippen molar-refractivity contribution in [3.63, 3.8) is 0 Å². The summed E-state index contributed by atoms with van der Waals surface area (Å²) in [4.78, 5) is 4.53. The van der Waals surface area contributed by atoms with Crippen molar-refractivity contribution in [2.75, 3.05) is 5.32 Å². The number of aromatic nitrogens is 1. The van der Waals surface area contributed by atoms with Gasteiger partial charge in [-0.15, -0.1) is 0 Å². The monoisotopic (exact) mass is 344 g/mol. The maximum absolute atomic E-state index is 12.9. The number of fused-ring (bicyclic) bond motifs is 1. The Hall–Kier alpha value is -1.94. The number of nitrogens with zero attached hydrogens (tertiary/aromatic N) is 1. The van der Waals surface area contributed by atoms with Gasteiger partial charge in [0.15, 0.2) is 0 Å². The fourth-order valence-electron chi connectivity index (χ4n) is 2.28. The van der Waals surface area contributed by atoms with Crippen molar-refractivity contribution in [2.45, 2.75) is 13.5 Å². The number of hydrogen-bond acceptors (Lipinski definition) is 2. The first kappa shape index (κ1) is 14.0. The highest BCUT2D eigenvalue weighted by molar-refractivity contribution is 9.10. The molecule has 3 aromatic rings. The van der Waals surface area contributed by atoms with Crippen molar-refractivity contribution in [1.82, 2.24) is 4.98 Å². The van der Waals surface area contributed by atoms with E-state index in [0.29, 0.717) is 6.54 Å². The summed E-state index contributed by atoms with van der Waals surface area (Å²) in [7, 11) is 0. The summed E-state index contributed by atoms with van der Waals surface area (Å²) in [6.07, 6.45) is 0. The topological polar surface area (TPSA) is 24.9 Å². The van der Waals surface area contributed by atoms with Gasteiger partial charge in [-0.25, -0.2) is 4.39 Å². The van der Waals surface area contributed by atoms with Gasteiger partial charge in [0.05, 0.1) is 5.52 Å². The number of pyridine rings is 1. The minimum atomic E-state index is -0.215. The molecule has 1 N–H and O–H groups in total. The van der Waals surface area contributed by atoms with Crippen LogP contribution >= 0.6 is 15.9 Å². The highest BCUT2D eigenvalue weighted by atomic mass is 79.9. The van der Waals surface area contributed by atoms with Crippen molar-refractivity contribution in [1.29, 1.82) is 0 Å². The van der Waals surface area contributed by atoms with Crippen LogP contribution in [0.5, 0.6) is 0 Å². The molecule has 3 rings (SSSR count). The van der Waals surface area contributed by atoms with Crippen LogP contribution in [0.1, 0.15) is 11.3 Å². The second-order valence-corrected chi connectivity index (χ2v) is 5.87. The molecule has 0 fully saturated rings. The van der Waals surface area contributed by atoms with Crippen LogP contribution in [0, 0.1) is 12.7 Å². The molecule has 1 heterocycles. The van der Waals surface area contributed by atoms with Crippen LogP contribution in [-0.4, -0.2) is 4.98 Å². The number of aryl methyl sites for hydroxylation is 1. The first-order valence-corrected chi connectivity index (χ1v) is 7.46. The van der Waals surface area contributed by atoms with Gasteiger partial charge in [0.2, 0.25) is 0 Å². The largest absolute Gasteiger partial charge is 0.380 e. The van der Waals surface area contributed by atoms with Gasteiger partial charge < -0.3 is 5.32 Å². The van der Waals surface area contributed by atoms with Crippen molar-refractivity contribution in [2.24, 2.45) is 0 Å². The number of nitrogens with one attached hydrogen (secondary N) is 1. The number of benzene rings is 2. The Morgan fingerprint density at radius 1 is 1.10 bits per heavy atom. The third-order valence-electron chi connectivity index (χ3n) is 3.30. The lowest BCUT2D eigenvalue weighted by Gasteiger charge is -2.11. The molecular weight excluding hydrogens is 331 g/mol. The minimum Gasteiger partial charge on any atom is -0.380 e. The maximum atomic E-state index is 12.9. The number of anilines is 1. The van der Waals surface area contributed by atoms with E-state index in [1.54, 1.807) is 12.1 Å². The lowest BCUT2D eigenvalue weighted by molar-refractivity contribution is 0.627. The standard InChI is InChI=1S/C17H14BrFN2/c1-11-8-17(15-9-13(18)4-7-16(15)21-11)20-10-12-2-5-14(19)6-3-12/h2-9H,10H2,1H3,(H,20,21). The van der Waals surface area contributed by atoms with Crippen molar-refractivity contribution in [3.05, 3.63) is 70.1 Å². The highest BCUT2D eigenvalue weighted by Crippen LogP contribution is 2.26. The van der Waals surface area contributed by atoms with Crippen molar-refractivity contribution < 1.29 is 4.39 Å². The Morgan fingerprint density at radius 3 is 2.62 bits per heavy atom. The van der Waals surface area contributed by atoms with Gasteiger partial charge in [-0.05, 0) is 48.9 Å². The quantitative estimate of drug-likeness (QED) is 0.718. The molecule has 1 aromatic heterocycles. The van der Waals surface area contributed by atoms with Crippen LogP contribution in [0.15, 0.2) is 53.0 Å². The third kappa shape index (κ3) is 3.22. The van der Waals surface area contributed by atoms with Gasteiger partial charge in [0.1, 0.15) is 5.82 Å². The zero-order valence-electron chi connectivity index (χ0n) is 11.5. The molecule has 21 heavy (non-hydrogen) atoms. The zero-order chi connectivity index (χ0) is 14.8. The summed E-state index contributed by atoms with van der Waals surface area (Å²) in [5, 5.41) is 4.47. The molecule has 0 atom stereocenters. The predicted octanol–water partition coefficient (Wildman–Crippen LogP) is 5.06. The highest BCUT2D eigenvalue weighted by Gasteiger charge is 2.05. The van der Waals surface area contributed by atoms with E-state index in [2.05, 4.69) is 32.3 Å². The van der Waals surface area contributed by atoms with E-state index >= 15 is 0 Å². The van der Waals surface area contributed by atoms with Crippen LogP contribution in [0.3, 0.4) is 0 Å². The maximum Gasteiger partial charge on any atom is 0.123 e. The SMILES string of the molecule is Cc1cc(NCc2ccc(F)cc2)c2cc(Br)ccc2n1. The van der Waals surface area contributed by atoms with E-state index in [1.807, 2.05) is 25.1 Å². The third-order valence-corrected chi connectivity index (χ3v) is 3.79. The molecule has 0 unspecified atom stereocenters. The molecule has 0 aliphatic heterocycles. The van der Waals surface area contributed by atoms with Crippen LogP contribution < -0.4 is 5.32 Å². The fourth-order valence-corrected chi connectivity index (χ4v) is 2.64. The summed E-state index contributed by atoms with van der Waals surface area (Å²) >= 11 is 3.49. The Balaban J connectivity index is 1.92. The summed E-state index contributed by atoms with van der Waals surface area (Å²) in [6.45, 7) is 2.62. The summed E-state index contributed by atoms with van der Waals surface area (Å²) < 4.78 is 13.9. The average molecular weight is 345 g/mol. The van der Waals surface area contributed by atoms with Crippen LogP contribution in [0.2, 0.25) is 0 Å². The van der Waals surface area contributed by atoms with Crippen molar-refractivity contribution >= 4 is 32.5 Å². The first-order valence-electron chi connectivity index (χ1n) is 6.67. The predicted molar refractivity (Wildman–Crippen MR) is 87.9 cm³/mol. The molecule has 0 bridgehead atoms. The molecular formula is C17H14BrFN2. The molecule has 106 valence electrons.